The van der Waals surface area contributed by atoms with Gasteiger partial charge < -0.3 is 14.2 Å². The van der Waals surface area contributed by atoms with E-state index in [1.807, 2.05) is 25.1 Å². The van der Waals surface area contributed by atoms with Crippen LogP contribution in [0.15, 0.2) is 30.3 Å². The highest BCUT2D eigenvalue weighted by Crippen LogP contribution is 2.40. The molecule has 1 unspecified atom stereocenters. The molecule has 0 radical (unpaired) electrons. The second kappa shape index (κ2) is 7.07. The maximum atomic E-state index is 11.6. The third kappa shape index (κ3) is 3.54. The summed E-state index contributed by atoms with van der Waals surface area (Å²) < 4.78 is 17.3. The van der Waals surface area contributed by atoms with Crippen molar-refractivity contribution in [3.63, 3.8) is 0 Å². The zero-order valence-corrected chi connectivity index (χ0v) is 16.0. The average Bonchev–Trinajstić information content (AvgIpc) is 2.82. The van der Waals surface area contributed by atoms with E-state index in [0.29, 0.717) is 6.42 Å². The second-order valence-corrected chi connectivity index (χ2v) is 11.6. The van der Waals surface area contributed by atoms with Crippen LogP contribution in [0.3, 0.4) is 0 Å². The zero-order chi connectivity index (χ0) is 18.0. The van der Waals surface area contributed by atoms with Crippen molar-refractivity contribution in [2.75, 3.05) is 6.61 Å². The molecule has 0 bridgehead atoms. The molecule has 0 spiro atoms. The number of ether oxygens (including phenoxy) is 3. The Kier molecular flexibility index (Phi) is 5.50. The van der Waals surface area contributed by atoms with E-state index in [1.54, 1.807) is 0 Å². The first-order chi connectivity index (χ1) is 11.2. The molecule has 0 aliphatic carbocycles. The van der Waals surface area contributed by atoms with E-state index in [1.165, 1.54) is 19.0 Å². The zero-order valence-electron chi connectivity index (χ0n) is 15.0. The van der Waals surface area contributed by atoms with Crippen molar-refractivity contribution in [1.82, 2.24) is 0 Å². The lowest BCUT2D eigenvalue weighted by atomic mass is 10.1. The minimum atomic E-state index is -2.31. The minimum absolute atomic E-state index is 0.0691. The first kappa shape index (κ1) is 18.7. The van der Waals surface area contributed by atoms with Crippen molar-refractivity contribution >= 4 is 25.2 Å². The Morgan fingerprint density at radius 3 is 2.38 bits per heavy atom. The van der Waals surface area contributed by atoms with Gasteiger partial charge in [0, 0.05) is 20.3 Å². The number of esters is 2. The van der Waals surface area contributed by atoms with E-state index in [0.717, 1.165) is 0 Å². The van der Waals surface area contributed by atoms with Crippen LogP contribution in [0.1, 0.15) is 27.2 Å². The summed E-state index contributed by atoms with van der Waals surface area (Å²) in [5.74, 6) is -0.709. The Morgan fingerprint density at radius 1 is 1.21 bits per heavy atom. The van der Waals surface area contributed by atoms with Gasteiger partial charge in [-0.05, 0) is 6.92 Å². The fourth-order valence-corrected chi connectivity index (χ4v) is 6.91. The molecule has 2 rings (SSSR count). The SMILES string of the molecule is CC(=O)OCC1([Si](C)(C)c2ccccc2)O[C@H](C)C[C@@H]1OC(C)=O. The molecular formula is C18H26O5Si. The van der Waals surface area contributed by atoms with E-state index >= 15 is 0 Å². The van der Waals surface area contributed by atoms with E-state index in [2.05, 4.69) is 25.2 Å². The van der Waals surface area contributed by atoms with Crippen molar-refractivity contribution in [1.29, 1.82) is 0 Å². The molecule has 132 valence electrons. The van der Waals surface area contributed by atoms with Crippen molar-refractivity contribution < 1.29 is 23.8 Å². The fourth-order valence-electron chi connectivity index (χ4n) is 3.48. The molecule has 0 aromatic heterocycles. The average molecular weight is 350 g/mol. The predicted molar refractivity (Wildman–Crippen MR) is 93.6 cm³/mol. The predicted octanol–water partition coefficient (Wildman–Crippen LogP) is 2.18. The topological polar surface area (TPSA) is 61.8 Å². The van der Waals surface area contributed by atoms with Crippen LogP contribution in [-0.4, -0.2) is 44.1 Å². The van der Waals surface area contributed by atoms with E-state index in [9.17, 15) is 9.59 Å². The summed E-state index contributed by atoms with van der Waals surface area (Å²) in [5, 5.41) is 0.369. The summed E-state index contributed by atoms with van der Waals surface area (Å²) in [6.07, 6.45) is 0.107. The molecule has 1 fully saturated rings. The molecule has 1 aliphatic rings. The van der Waals surface area contributed by atoms with Gasteiger partial charge in [-0.15, -0.1) is 0 Å². The van der Waals surface area contributed by atoms with Crippen LogP contribution >= 0.6 is 0 Å². The normalized spacial score (nSPS) is 26.9. The Balaban J connectivity index is 2.49. The van der Waals surface area contributed by atoms with E-state index < -0.39 is 19.4 Å². The Bertz CT molecular complexity index is 601. The van der Waals surface area contributed by atoms with Gasteiger partial charge in [-0.25, -0.2) is 0 Å². The van der Waals surface area contributed by atoms with Crippen LogP contribution in [0.2, 0.25) is 13.1 Å². The van der Waals surface area contributed by atoms with Crippen LogP contribution in [0.5, 0.6) is 0 Å². The van der Waals surface area contributed by atoms with Gasteiger partial charge in [0.25, 0.3) is 0 Å². The minimum Gasteiger partial charge on any atom is -0.463 e. The summed E-state index contributed by atoms with van der Waals surface area (Å²) in [6, 6.07) is 10.1. The molecule has 6 heteroatoms. The highest BCUT2D eigenvalue weighted by Gasteiger charge is 2.61. The highest BCUT2D eigenvalue weighted by molar-refractivity contribution is 6.92. The maximum absolute atomic E-state index is 11.6. The van der Waals surface area contributed by atoms with Gasteiger partial charge in [0.05, 0.1) is 6.10 Å². The third-order valence-corrected chi connectivity index (χ3v) is 9.31. The summed E-state index contributed by atoms with van der Waals surface area (Å²) >= 11 is 0. The van der Waals surface area contributed by atoms with Gasteiger partial charge in [0.2, 0.25) is 0 Å². The lowest BCUT2D eigenvalue weighted by Gasteiger charge is -2.44. The summed E-state index contributed by atoms with van der Waals surface area (Å²) in [7, 11) is -2.31. The van der Waals surface area contributed by atoms with Gasteiger partial charge >= 0.3 is 11.9 Å². The van der Waals surface area contributed by atoms with Gasteiger partial charge in [-0.3, -0.25) is 9.59 Å². The van der Waals surface area contributed by atoms with E-state index in [-0.39, 0.29) is 24.6 Å². The monoisotopic (exact) mass is 350 g/mol. The largest absolute Gasteiger partial charge is 0.463 e. The molecule has 1 saturated heterocycles. The van der Waals surface area contributed by atoms with Gasteiger partial charge in [-0.2, -0.15) is 0 Å². The first-order valence-electron chi connectivity index (χ1n) is 8.23. The third-order valence-electron chi connectivity index (χ3n) is 4.83. The molecule has 5 nitrogen and oxygen atoms in total. The molecular weight excluding hydrogens is 324 g/mol. The highest BCUT2D eigenvalue weighted by atomic mass is 28.3. The number of benzene rings is 1. The number of hydrogen-bond donors (Lipinski definition) is 0. The van der Waals surface area contributed by atoms with Crippen molar-refractivity contribution in [3.05, 3.63) is 30.3 Å². The Hall–Kier alpha value is -1.66. The van der Waals surface area contributed by atoms with Crippen LogP contribution < -0.4 is 5.19 Å². The van der Waals surface area contributed by atoms with Crippen molar-refractivity contribution in [2.24, 2.45) is 0 Å². The number of rotatable bonds is 5. The second-order valence-electron chi connectivity index (χ2n) is 6.92. The summed E-state index contributed by atoms with van der Waals surface area (Å²) in [5.41, 5.74) is 0. The van der Waals surface area contributed by atoms with Crippen LogP contribution in [0, 0.1) is 0 Å². The van der Waals surface area contributed by atoms with Gasteiger partial charge in [0.1, 0.15) is 26.0 Å². The Morgan fingerprint density at radius 2 is 1.83 bits per heavy atom. The molecule has 0 amide bonds. The Labute approximate surface area is 144 Å². The molecule has 1 heterocycles. The fraction of sp³-hybridized carbons (Fsp3) is 0.556. The number of carbonyl (C=O) groups is 2. The number of hydrogen-bond acceptors (Lipinski definition) is 5. The summed E-state index contributed by atoms with van der Waals surface area (Å²) in [6.45, 7) is 9.17. The summed E-state index contributed by atoms with van der Waals surface area (Å²) in [4.78, 5) is 23.1. The molecule has 1 aromatic carbocycles. The quantitative estimate of drug-likeness (QED) is 0.602. The molecule has 24 heavy (non-hydrogen) atoms. The van der Waals surface area contributed by atoms with Crippen LogP contribution in [0.4, 0.5) is 0 Å². The van der Waals surface area contributed by atoms with Gasteiger partial charge in [-0.1, -0.05) is 48.6 Å². The first-order valence-corrected chi connectivity index (χ1v) is 11.2. The molecule has 1 aliphatic heterocycles. The van der Waals surface area contributed by atoms with Crippen molar-refractivity contribution in [3.8, 4) is 0 Å². The van der Waals surface area contributed by atoms with Gasteiger partial charge in [0.15, 0.2) is 0 Å². The molecule has 1 aromatic rings. The maximum Gasteiger partial charge on any atom is 0.302 e. The molecule has 3 atom stereocenters. The molecule has 0 saturated carbocycles. The van der Waals surface area contributed by atoms with E-state index in [4.69, 9.17) is 14.2 Å². The lowest BCUT2D eigenvalue weighted by molar-refractivity contribution is -0.160. The lowest BCUT2D eigenvalue weighted by Crippen LogP contribution is -2.69. The molecule has 0 N–H and O–H groups in total. The standard InChI is InChI=1S/C18H26O5Si/c1-13-11-17(22-15(3)20)18(23-13,12-21-14(2)19)24(4,5)16-9-7-6-8-10-16/h6-10,13,17H,11-12H2,1-5H3/t13-,17+,18?/m1/s1. The van der Waals surface area contributed by atoms with Crippen LogP contribution in [-0.2, 0) is 23.8 Å². The smallest absolute Gasteiger partial charge is 0.302 e. The van der Waals surface area contributed by atoms with Crippen LogP contribution in [0.25, 0.3) is 0 Å². The number of carbonyl (C=O) groups excluding carboxylic acids is 2. The van der Waals surface area contributed by atoms with Crippen molar-refractivity contribution in [2.45, 2.75) is 57.7 Å².